The first kappa shape index (κ1) is 33.1. The molecule has 4 N–H and O–H groups in total. The first-order chi connectivity index (χ1) is 19.0. The highest BCUT2D eigenvalue weighted by atomic mass is 32.2. The van der Waals surface area contributed by atoms with Gasteiger partial charge in [-0.05, 0) is 30.5 Å². The molecular formula is C26H34N4O10S. The Kier molecular flexibility index (Phi) is 11.3. The second kappa shape index (κ2) is 14.0. The van der Waals surface area contributed by atoms with E-state index in [-0.39, 0.29) is 18.5 Å². The highest BCUT2D eigenvalue weighted by molar-refractivity contribution is 7.87. The zero-order valence-corrected chi connectivity index (χ0v) is 24.1. The quantitative estimate of drug-likeness (QED) is 0.138. The molecule has 5 amide bonds. The summed E-state index contributed by atoms with van der Waals surface area (Å²) < 4.78 is 38.5. The minimum Gasteiger partial charge on any atom is -0.461 e. The molecule has 0 radical (unpaired) electrons. The molecule has 0 spiro atoms. The van der Waals surface area contributed by atoms with Gasteiger partial charge in [-0.15, -0.1) is 0 Å². The Hall–Kier alpha value is -4.11. The summed E-state index contributed by atoms with van der Waals surface area (Å²) in [4.78, 5) is 74.1. The number of carbonyl (C=O) groups is 6. The summed E-state index contributed by atoms with van der Waals surface area (Å²) in [5.74, 6) is -5.65. The molecule has 15 heteroatoms. The number of imide groups is 1. The number of ether oxygens (including phenoxy) is 1. The van der Waals surface area contributed by atoms with Gasteiger partial charge in [0.1, 0.15) is 18.7 Å². The van der Waals surface area contributed by atoms with Crippen LogP contribution >= 0.6 is 0 Å². The van der Waals surface area contributed by atoms with Crippen LogP contribution in [0.3, 0.4) is 0 Å². The van der Waals surface area contributed by atoms with Gasteiger partial charge in [0.25, 0.3) is 21.9 Å². The van der Waals surface area contributed by atoms with Gasteiger partial charge in [0.2, 0.25) is 17.7 Å². The fourth-order valence-corrected chi connectivity index (χ4v) is 4.17. The van der Waals surface area contributed by atoms with E-state index in [2.05, 4.69) is 16.0 Å². The molecule has 1 aromatic rings. The van der Waals surface area contributed by atoms with E-state index in [1.165, 1.54) is 6.92 Å². The van der Waals surface area contributed by atoms with Gasteiger partial charge in [-0.2, -0.15) is 8.42 Å². The molecule has 224 valence electrons. The van der Waals surface area contributed by atoms with Gasteiger partial charge >= 0.3 is 5.97 Å². The van der Waals surface area contributed by atoms with Crippen LogP contribution in [0.2, 0.25) is 0 Å². The molecule has 41 heavy (non-hydrogen) atoms. The molecular weight excluding hydrogens is 560 g/mol. The smallest absolute Gasteiger partial charge is 0.308 e. The Morgan fingerprint density at radius 1 is 0.878 bits per heavy atom. The molecule has 3 atom stereocenters. The molecule has 0 saturated carbocycles. The lowest BCUT2D eigenvalue weighted by Crippen LogP contribution is -2.57. The number of hydrogen-bond donors (Lipinski definition) is 4. The minimum absolute atomic E-state index is 0.0694. The van der Waals surface area contributed by atoms with E-state index in [9.17, 15) is 41.7 Å². The predicted molar refractivity (Wildman–Crippen MR) is 145 cm³/mol. The molecule has 14 nitrogen and oxygen atoms in total. The third-order valence-electron chi connectivity index (χ3n) is 5.97. The molecule has 1 aliphatic heterocycles. The number of nitrogens with zero attached hydrogens (tertiary/aromatic N) is 1. The Bertz CT molecular complexity index is 1300. The van der Waals surface area contributed by atoms with Crippen LogP contribution in [0.4, 0.5) is 5.69 Å². The molecule has 0 saturated heterocycles. The van der Waals surface area contributed by atoms with Crippen molar-refractivity contribution >= 4 is 51.3 Å². The average molecular weight is 595 g/mol. The average Bonchev–Trinajstić information content (AvgIpc) is 3.20. The van der Waals surface area contributed by atoms with Crippen molar-refractivity contribution in [1.82, 2.24) is 15.5 Å². The van der Waals surface area contributed by atoms with E-state index < -0.39 is 69.5 Å². The van der Waals surface area contributed by atoms with Crippen LogP contribution in [0, 0.1) is 11.8 Å². The van der Waals surface area contributed by atoms with Crippen LogP contribution in [-0.4, -0.2) is 77.3 Å². The summed E-state index contributed by atoms with van der Waals surface area (Å²) >= 11 is 0. The van der Waals surface area contributed by atoms with Gasteiger partial charge in [0, 0.05) is 17.8 Å². The SMILES string of the molecule is CC(C)C(=O)OCc1ccc(NC(=O)[C@H](C)NC(=O)[C@@H](NC(=O)C(CN2C(=O)C=CC2=O)S(=O)(=O)O)C(C)C)cc1. The Morgan fingerprint density at radius 3 is 1.93 bits per heavy atom. The fraction of sp³-hybridized carbons (Fsp3) is 0.462. The molecule has 2 rings (SSSR count). The molecule has 1 heterocycles. The zero-order chi connectivity index (χ0) is 31.1. The highest BCUT2D eigenvalue weighted by Crippen LogP contribution is 2.13. The van der Waals surface area contributed by atoms with Gasteiger partial charge in [-0.1, -0.05) is 39.8 Å². The topological polar surface area (TPSA) is 205 Å². The second-order valence-corrected chi connectivity index (χ2v) is 11.6. The maximum atomic E-state index is 12.9. The van der Waals surface area contributed by atoms with Crippen molar-refractivity contribution in [1.29, 1.82) is 0 Å². The number of carbonyl (C=O) groups excluding carboxylic acids is 6. The first-order valence-corrected chi connectivity index (χ1v) is 14.2. The number of hydrogen-bond acceptors (Lipinski definition) is 9. The molecule has 1 aliphatic rings. The lowest BCUT2D eigenvalue weighted by atomic mass is 10.0. The van der Waals surface area contributed by atoms with E-state index in [0.29, 0.717) is 16.2 Å². The minimum atomic E-state index is -5.09. The van der Waals surface area contributed by atoms with Gasteiger partial charge in [-0.3, -0.25) is 38.2 Å². The van der Waals surface area contributed by atoms with E-state index in [0.717, 1.165) is 12.2 Å². The molecule has 1 unspecified atom stereocenters. The van der Waals surface area contributed by atoms with Crippen LogP contribution in [0.1, 0.15) is 40.2 Å². The Morgan fingerprint density at radius 2 is 1.44 bits per heavy atom. The lowest BCUT2D eigenvalue weighted by Gasteiger charge is -2.26. The number of benzene rings is 1. The van der Waals surface area contributed by atoms with Crippen LogP contribution in [-0.2, 0) is 50.2 Å². The van der Waals surface area contributed by atoms with Gasteiger partial charge in [0.05, 0.1) is 12.5 Å². The van der Waals surface area contributed by atoms with Crippen LogP contribution in [0.15, 0.2) is 36.4 Å². The van der Waals surface area contributed by atoms with Crippen LogP contribution < -0.4 is 16.0 Å². The van der Waals surface area contributed by atoms with Crippen molar-refractivity contribution in [2.45, 2.75) is 58.6 Å². The molecule has 0 bridgehead atoms. The van der Waals surface area contributed by atoms with Crippen molar-refractivity contribution < 1.29 is 46.5 Å². The predicted octanol–water partition coefficient (Wildman–Crippen LogP) is 0.151. The second-order valence-electron chi connectivity index (χ2n) is 10.0. The number of nitrogens with one attached hydrogen (secondary N) is 3. The maximum Gasteiger partial charge on any atom is 0.308 e. The van der Waals surface area contributed by atoms with Gasteiger partial charge in [-0.25, -0.2) is 0 Å². The van der Waals surface area contributed by atoms with Gasteiger partial charge in [0.15, 0.2) is 5.25 Å². The number of rotatable bonds is 13. The van der Waals surface area contributed by atoms with Crippen LogP contribution in [0.25, 0.3) is 0 Å². The molecule has 1 aromatic carbocycles. The van der Waals surface area contributed by atoms with Crippen molar-refractivity contribution in [2.75, 3.05) is 11.9 Å². The largest absolute Gasteiger partial charge is 0.461 e. The number of amides is 5. The summed E-state index contributed by atoms with van der Waals surface area (Å²) in [5, 5.41) is 5.04. The molecule has 0 fully saturated rings. The summed E-state index contributed by atoms with van der Waals surface area (Å²) in [5.41, 5.74) is 1.10. The fourth-order valence-electron chi connectivity index (χ4n) is 3.50. The normalized spacial score (nSPS) is 15.5. The number of esters is 1. The number of anilines is 1. The van der Waals surface area contributed by atoms with Crippen LogP contribution in [0.5, 0.6) is 0 Å². The van der Waals surface area contributed by atoms with Gasteiger partial charge < -0.3 is 20.7 Å². The zero-order valence-electron chi connectivity index (χ0n) is 23.2. The molecule has 0 aliphatic carbocycles. The van der Waals surface area contributed by atoms with Crippen molar-refractivity contribution in [3.8, 4) is 0 Å². The molecule has 0 aromatic heterocycles. The summed E-state index contributed by atoms with van der Waals surface area (Å²) in [7, 11) is -5.09. The highest BCUT2D eigenvalue weighted by Gasteiger charge is 2.39. The standard InChI is InChI=1S/C26H34N4O10S/c1-14(2)22(29-24(34)19(41(37,38)39)12-30-20(31)10-11-21(30)32)25(35)27-16(5)23(33)28-18-8-6-17(7-9-18)13-40-26(36)15(3)4/h6-11,14-16,19,22H,12-13H2,1-5H3,(H,27,35)(H,28,33)(H,29,34)(H,37,38,39)/t16-,19?,22-/m0/s1. The summed E-state index contributed by atoms with van der Waals surface area (Å²) in [6.45, 7) is 7.04. The van der Waals surface area contributed by atoms with E-state index >= 15 is 0 Å². The van der Waals surface area contributed by atoms with Crippen molar-refractivity contribution in [3.63, 3.8) is 0 Å². The van der Waals surface area contributed by atoms with E-state index in [4.69, 9.17) is 4.74 Å². The lowest BCUT2D eigenvalue weighted by molar-refractivity contribution is -0.148. The van der Waals surface area contributed by atoms with E-state index in [1.54, 1.807) is 52.0 Å². The summed E-state index contributed by atoms with van der Waals surface area (Å²) in [6, 6.07) is 4.06. The van der Waals surface area contributed by atoms with E-state index in [1.807, 2.05) is 0 Å². The summed E-state index contributed by atoms with van der Waals surface area (Å²) in [6.07, 6.45) is 1.77. The third-order valence-corrected chi connectivity index (χ3v) is 7.06. The Balaban J connectivity index is 2.01. The van der Waals surface area contributed by atoms with Crippen molar-refractivity contribution in [2.24, 2.45) is 11.8 Å². The first-order valence-electron chi connectivity index (χ1n) is 12.7. The Labute approximate surface area is 237 Å². The third kappa shape index (κ3) is 9.49. The monoisotopic (exact) mass is 594 g/mol. The van der Waals surface area contributed by atoms with Crippen molar-refractivity contribution in [3.05, 3.63) is 42.0 Å². The maximum absolute atomic E-state index is 12.9.